The first-order valence-electron chi connectivity index (χ1n) is 6.77. The molecule has 0 radical (unpaired) electrons. The van der Waals surface area contributed by atoms with Crippen molar-refractivity contribution < 1.29 is 48.7 Å². The van der Waals surface area contributed by atoms with Gasteiger partial charge in [0.15, 0.2) is 5.78 Å². The van der Waals surface area contributed by atoms with E-state index in [2.05, 4.69) is 17.4 Å². The van der Waals surface area contributed by atoms with Gasteiger partial charge in [-0.25, -0.2) is 0 Å². The summed E-state index contributed by atoms with van der Waals surface area (Å²) < 4.78 is 4.83. The van der Waals surface area contributed by atoms with Crippen LogP contribution >= 0.6 is 0 Å². The molecule has 0 aliphatic heterocycles. The number of nitrogens with zero attached hydrogens (tertiary/aromatic N) is 3. The van der Waals surface area contributed by atoms with Crippen LogP contribution in [-0.2, 0) is 9.59 Å². The van der Waals surface area contributed by atoms with Crippen LogP contribution in [0.2, 0.25) is 0 Å². The van der Waals surface area contributed by atoms with E-state index >= 15 is 0 Å². The van der Waals surface area contributed by atoms with Crippen molar-refractivity contribution in [3.05, 3.63) is 66.8 Å². The van der Waals surface area contributed by atoms with Gasteiger partial charge in [0.1, 0.15) is 0 Å². The van der Waals surface area contributed by atoms with Gasteiger partial charge in [-0.05, 0) is 48.5 Å². The molecule has 0 fully saturated rings. The SMILES string of the molecule is O=C=O.[CH2-]Oc1ccc(C(=O)c2ccc(N=NN(C)C)cc2)cc1.[Na+]. The van der Waals surface area contributed by atoms with Crippen LogP contribution in [0.1, 0.15) is 15.9 Å². The second-order valence-corrected chi connectivity index (χ2v) is 4.66. The number of ether oxygens (including phenoxy) is 1. The largest absolute Gasteiger partial charge is 1.00 e. The van der Waals surface area contributed by atoms with Crippen LogP contribution in [0, 0.1) is 7.11 Å². The van der Waals surface area contributed by atoms with Gasteiger partial charge < -0.3 is 4.74 Å². The van der Waals surface area contributed by atoms with Crippen LogP contribution in [0.3, 0.4) is 0 Å². The normalized spacial score (nSPS) is 9.24. The molecule has 2 aromatic rings. The van der Waals surface area contributed by atoms with E-state index in [-0.39, 0.29) is 41.5 Å². The Hall–Kier alpha value is -2.31. The fourth-order valence-electron chi connectivity index (χ4n) is 1.69. The zero-order valence-corrected chi connectivity index (χ0v) is 16.3. The molecule has 0 bridgehead atoms. The Morgan fingerprint density at radius 1 is 1.00 bits per heavy atom. The number of carbonyl (C=O) groups is 1. The smallest absolute Gasteiger partial charge is 0.665 e. The Labute approximate surface area is 168 Å². The minimum Gasteiger partial charge on any atom is -0.665 e. The number of carbonyl (C=O) groups excluding carboxylic acids is 3. The molecule has 2 aromatic carbocycles. The maximum absolute atomic E-state index is 12.3. The molecule has 2 rings (SSSR count). The van der Waals surface area contributed by atoms with Crippen LogP contribution in [-0.4, -0.2) is 31.0 Å². The van der Waals surface area contributed by atoms with Crippen LogP contribution in [0.25, 0.3) is 0 Å². The van der Waals surface area contributed by atoms with Gasteiger partial charge in [0.05, 0.1) is 11.4 Å². The van der Waals surface area contributed by atoms with Gasteiger partial charge in [0, 0.05) is 25.2 Å². The molecule has 124 valence electrons. The Kier molecular flexibility index (Phi) is 11.0. The van der Waals surface area contributed by atoms with Gasteiger partial charge >= 0.3 is 35.7 Å². The molecule has 0 saturated carbocycles. The predicted molar refractivity (Wildman–Crippen MR) is 85.5 cm³/mol. The minimum atomic E-state index is -0.0540. The first kappa shape index (κ1) is 22.7. The number of ketones is 1. The zero-order chi connectivity index (χ0) is 17.9. The van der Waals surface area contributed by atoms with E-state index in [1.54, 1.807) is 67.6 Å². The fourth-order valence-corrected chi connectivity index (χ4v) is 1.69. The molecule has 0 aliphatic carbocycles. The van der Waals surface area contributed by atoms with Gasteiger partial charge in [-0.2, -0.15) is 16.7 Å². The number of hydrogen-bond acceptors (Lipinski definition) is 6. The molecule has 0 aromatic heterocycles. The number of rotatable bonds is 5. The van der Waals surface area contributed by atoms with E-state index in [1.165, 1.54) is 0 Å². The van der Waals surface area contributed by atoms with Crippen molar-refractivity contribution in [1.29, 1.82) is 0 Å². The van der Waals surface area contributed by atoms with Crippen molar-refractivity contribution in [2.45, 2.75) is 0 Å². The first-order chi connectivity index (χ1) is 11.5. The molecule has 25 heavy (non-hydrogen) atoms. The Morgan fingerprint density at radius 2 is 1.44 bits per heavy atom. The summed E-state index contributed by atoms with van der Waals surface area (Å²) in [4.78, 5) is 28.6. The Balaban J connectivity index is 0.00000134. The molecule has 8 heteroatoms. The van der Waals surface area contributed by atoms with E-state index in [4.69, 9.17) is 14.3 Å². The Morgan fingerprint density at radius 3 is 1.84 bits per heavy atom. The van der Waals surface area contributed by atoms with Gasteiger partial charge in [0.25, 0.3) is 0 Å². The standard InChI is InChI=1S/C16H16N3O2.CO2.Na/c1-19(2)18-17-14-8-4-12(5-9-14)16(20)13-6-10-15(21-3)11-7-13;2-1-3;/h4-11H,3H2,1-2H3;;/q-1;;+1. The van der Waals surface area contributed by atoms with Crippen molar-refractivity contribution in [2.24, 2.45) is 10.3 Å². The second kappa shape index (κ2) is 12.1. The van der Waals surface area contributed by atoms with Crippen molar-refractivity contribution in [2.75, 3.05) is 14.1 Å². The number of hydrogen-bond donors (Lipinski definition) is 0. The molecule has 0 unspecified atom stereocenters. The van der Waals surface area contributed by atoms with Crippen molar-refractivity contribution >= 4 is 17.6 Å². The summed E-state index contributed by atoms with van der Waals surface area (Å²) in [6.45, 7) is 0. The summed E-state index contributed by atoms with van der Waals surface area (Å²) in [5.41, 5.74) is 1.89. The molecule has 0 atom stereocenters. The van der Waals surface area contributed by atoms with E-state index in [0.717, 1.165) is 0 Å². The summed E-state index contributed by atoms with van der Waals surface area (Å²) in [7, 11) is 6.90. The minimum absolute atomic E-state index is 0. The third kappa shape index (κ3) is 7.87. The topological polar surface area (TPSA) is 88.4 Å². The maximum atomic E-state index is 12.3. The first-order valence-corrected chi connectivity index (χ1v) is 6.77. The van der Waals surface area contributed by atoms with Gasteiger partial charge in [-0.3, -0.25) is 9.80 Å². The van der Waals surface area contributed by atoms with Crippen molar-refractivity contribution in [1.82, 2.24) is 5.01 Å². The quantitative estimate of drug-likeness (QED) is 0.251. The van der Waals surface area contributed by atoms with Crippen LogP contribution in [0.4, 0.5) is 5.69 Å². The third-order valence-corrected chi connectivity index (χ3v) is 2.75. The molecule has 0 aliphatic rings. The monoisotopic (exact) mass is 349 g/mol. The average molecular weight is 349 g/mol. The summed E-state index contributed by atoms with van der Waals surface area (Å²) >= 11 is 0. The van der Waals surface area contributed by atoms with Crippen LogP contribution in [0.15, 0.2) is 58.9 Å². The summed E-state index contributed by atoms with van der Waals surface area (Å²) in [5.74, 6) is 0.563. The summed E-state index contributed by atoms with van der Waals surface area (Å²) in [5, 5.41) is 9.52. The van der Waals surface area contributed by atoms with E-state index in [1.807, 2.05) is 0 Å². The summed E-state index contributed by atoms with van der Waals surface area (Å²) in [6.07, 6.45) is 0.250. The molecule has 0 saturated heterocycles. The van der Waals surface area contributed by atoms with Gasteiger partial charge in [-0.1, -0.05) is 5.22 Å². The van der Waals surface area contributed by atoms with Crippen molar-refractivity contribution in [3.8, 4) is 5.75 Å². The average Bonchev–Trinajstić information content (AvgIpc) is 2.60. The Bertz CT molecular complexity index is 723. The van der Waals surface area contributed by atoms with Gasteiger partial charge in [0.2, 0.25) is 0 Å². The van der Waals surface area contributed by atoms with Crippen molar-refractivity contribution in [3.63, 3.8) is 0 Å². The second-order valence-electron chi connectivity index (χ2n) is 4.66. The predicted octanol–water partition coefficient (Wildman–Crippen LogP) is 0.0688. The number of benzene rings is 2. The van der Waals surface area contributed by atoms with Gasteiger partial charge in [-0.15, -0.1) is 5.11 Å². The van der Waals surface area contributed by atoms with E-state index in [9.17, 15) is 4.79 Å². The van der Waals surface area contributed by atoms with Crippen LogP contribution < -0.4 is 34.3 Å². The molecule has 0 N–H and O–H groups in total. The molecular formula is C17H16N3NaO4. The molecule has 0 heterocycles. The zero-order valence-electron chi connectivity index (χ0n) is 14.3. The molecule has 0 spiro atoms. The van der Waals surface area contributed by atoms with Crippen LogP contribution in [0.5, 0.6) is 5.75 Å². The third-order valence-electron chi connectivity index (χ3n) is 2.75. The van der Waals surface area contributed by atoms with E-state index in [0.29, 0.717) is 22.6 Å². The molecule has 7 nitrogen and oxygen atoms in total. The van der Waals surface area contributed by atoms with E-state index < -0.39 is 0 Å². The maximum Gasteiger partial charge on any atom is 1.00 e. The fraction of sp³-hybridized carbons (Fsp3) is 0.118. The molecular weight excluding hydrogens is 333 g/mol. The molecule has 0 amide bonds. The summed E-state index contributed by atoms with van der Waals surface area (Å²) in [6, 6.07) is 13.8.